The monoisotopic (exact) mass is 296 g/mol. The largest absolute Gasteiger partial charge is 0.321 e. The number of carbonyl (C=O) groups excluding carboxylic acids is 1. The molecule has 0 spiro atoms. The van der Waals surface area contributed by atoms with E-state index in [-0.39, 0.29) is 5.91 Å². The molecule has 0 aromatic heterocycles. The van der Waals surface area contributed by atoms with Gasteiger partial charge in [-0.05, 0) is 60.7 Å². The molecule has 2 aromatic rings. The zero-order valence-corrected chi connectivity index (χ0v) is 12.1. The van der Waals surface area contributed by atoms with E-state index in [1.165, 1.54) is 11.1 Å². The average molecular weight is 297 g/mol. The van der Waals surface area contributed by atoms with Gasteiger partial charge in [0.15, 0.2) is 0 Å². The van der Waals surface area contributed by atoms with Crippen molar-refractivity contribution in [2.45, 2.75) is 19.3 Å². The zero-order chi connectivity index (χ0) is 14.8. The number of rotatable bonds is 2. The molecule has 0 radical (unpaired) electrons. The van der Waals surface area contributed by atoms with Crippen molar-refractivity contribution in [3.63, 3.8) is 0 Å². The number of nitrogens with zero attached hydrogens (tertiary/aromatic N) is 1. The van der Waals surface area contributed by atoms with Gasteiger partial charge in [0.25, 0.3) is 5.91 Å². The lowest BCUT2D eigenvalue weighted by Crippen LogP contribution is -2.13. The van der Waals surface area contributed by atoms with E-state index in [4.69, 9.17) is 16.9 Å². The second kappa shape index (κ2) is 5.59. The van der Waals surface area contributed by atoms with Gasteiger partial charge in [0, 0.05) is 10.6 Å². The molecule has 0 saturated heterocycles. The van der Waals surface area contributed by atoms with Gasteiger partial charge in [-0.1, -0.05) is 17.7 Å². The van der Waals surface area contributed by atoms with Crippen LogP contribution in [0.15, 0.2) is 36.4 Å². The minimum Gasteiger partial charge on any atom is -0.321 e. The maximum atomic E-state index is 12.3. The number of carbonyl (C=O) groups is 1. The quantitative estimate of drug-likeness (QED) is 0.912. The second-order valence-electron chi connectivity index (χ2n) is 5.09. The zero-order valence-electron chi connectivity index (χ0n) is 11.3. The van der Waals surface area contributed by atoms with Crippen molar-refractivity contribution in [2.24, 2.45) is 0 Å². The number of nitriles is 1. The van der Waals surface area contributed by atoms with E-state index >= 15 is 0 Å². The van der Waals surface area contributed by atoms with Gasteiger partial charge >= 0.3 is 0 Å². The molecule has 1 aliphatic rings. The van der Waals surface area contributed by atoms with Gasteiger partial charge in [-0.15, -0.1) is 0 Å². The summed E-state index contributed by atoms with van der Waals surface area (Å²) < 4.78 is 0. The summed E-state index contributed by atoms with van der Waals surface area (Å²) in [6.07, 6.45) is 3.26. The number of anilines is 1. The van der Waals surface area contributed by atoms with E-state index in [1.807, 2.05) is 24.3 Å². The maximum Gasteiger partial charge on any atom is 0.255 e. The summed E-state index contributed by atoms with van der Waals surface area (Å²) in [5.41, 5.74) is 4.02. The number of amides is 1. The molecule has 21 heavy (non-hydrogen) atoms. The topological polar surface area (TPSA) is 52.9 Å². The number of halogens is 1. The number of hydrogen-bond donors (Lipinski definition) is 1. The number of aryl methyl sites for hydroxylation is 2. The van der Waals surface area contributed by atoms with Crippen molar-refractivity contribution in [1.82, 2.24) is 0 Å². The van der Waals surface area contributed by atoms with Crippen LogP contribution in [0.3, 0.4) is 0 Å². The van der Waals surface area contributed by atoms with E-state index in [0.717, 1.165) is 19.3 Å². The molecule has 0 unspecified atom stereocenters. The Hall–Kier alpha value is -2.31. The van der Waals surface area contributed by atoms with Crippen LogP contribution >= 0.6 is 11.6 Å². The average Bonchev–Trinajstić information content (AvgIpc) is 2.94. The molecule has 0 atom stereocenters. The highest BCUT2D eigenvalue weighted by Crippen LogP contribution is 2.24. The Labute approximate surface area is 128 Å². The molecule has 3 rings (SSSR count). The molecule has 0 heterocycles. The molecule has 0 aliphatic heterocycles. The van der Waals surface area contributed by atoms with E-state index in [2.05, 4.69) is 5.32 Å². The summed E-state index contributed by atoms with van der Waals surface area (Å²) in [5, 5.41) is 12.3. The maximum absolute atomic E-state index is 12.3. The van der Waals surface area contributed by atoms with Crippen LogP contribution in [0, 0.1) is 11.3 Å². The number of fused-ring (bicyclic) bond motifs is 1. The molecule has 0 fully saturated rings. The summed E-state index contributed by atoms with van der Waals surface area (Å²) in [7, 11) is 0. The standard InChI is InChI=1S/C17H13ClN2O/c18-15-7-6-14(10-19)16(9-15)20-17(21)13-5-4-11-2-1-3-12(11)8-13/h4-9H,1-3H2,(H,20,21). The first-order valence-electron chi connectivity index (χ1n) is 6.80. The van der Waals surface area contributed by atoms with Crippen molar-refractivity contribution in [3.05, 3.63) is 63.7 Å². The van der Waals surface area contributed by atoms with Crippen LogP contribution in [0.25, 0.3) is 0 Å². The summed E-state index contributed by atoms with van der Waals surface area (Å²) in [5.74, 6) is -0.219. The van der Waals surface area contributed by atoms with Gasteiger partial charge in [-0.3, -0.25) is 4.79 Å². The van der Waals surface area contributed by atoms with Crippen molar-refractivity contribution in [2.75, 3.05) is 5.32 Å². The normalized spacial score (nSPS) is 12.6. The van der Waals surface area contributed by atoms with Crippen LogP contribution in [0.4, 0.5) is 5.69 Å². The Bertz CT molecular complexity index is 762. The van der Waals surface area contributed by atoms with Gasteiger partial charge in [-0.2, -0.15) is 5.26 Å². The Morgan fingerprint density at radius 3 is 2.76 bits per heavy atom. The highest BCUT2D eigenvalue weighted by molar-refractivity contribution is 6.31. The fourth-order valence-corrected chi connectivity index (χ4v) is 2.80. The third kappa shape index (κ3) is 2.76. The van der Waals surface area contributed by atoms with Gasteiger partial charge < -0.3 is 5.32 Å². The minimum atomic E-state index is -0.219. The van der Waals surface area contributed by atoms with Crippen LogP contribution in [-0.2, 0) is 12.8 Å². The molecular formula is C17H13ClN2O. The lowest BCUT2D eigenvalue weighted by Gasteiger charge is -2.09. The van der Waals surface area contributed by atoms with E-state index in [0.29, 0.717) is 21.8 Å². The second-order valence-corrected chi connectivity index (χ2v) is 5.53. The van der Waals surface area contributed by atoms with Crippen LogP contribution < -0.4 is 5.32 Å². The van der Waals surface area contributed by atoms with Gasteiger partial charge in [0.05, 0.1) is 11.3 Å². The molecule has 0 bridgehead atoms. The number of hydrogen-bond acceptors (Lipinski definition) is 2. The highest BCUT2D eigenvalue weighted by Gasteiger charge is 2.15. The first kappa shape index (κ1) is 13.7. The Morgan fingerprint density at radius 1 is 1.14 bits per heavy atom. The summed E-state index contributed by atoms with van der Waals surface area (Å²) in [4.78, 5) is 12.3. The molecule has 4 heteroatoms. The summed E-state index contributed by atoms with van der Waals surface area (Å²) in [6.45, 7) is 0. The number of benzene rings is 2. The molecule has 1 aliphatic carbocycles. The molecule has 2 aromatic carbocycles. The molecular weight excluding hydrogens is 284 g/mol. The Balaban J connectivity index is 1.87. The number of nitrogens with one attached hydrogen (secondary N) is 1. The van der Waals surface area contributed by atoms with Crippen LogP contribution in [0.2, 0.25) is 5.02 Å². The van der Waals surface area contributed by atoms with Crippen molar-refractivity contribution >= 4 is 23.2 Å². The summed E-state index contributed by atoms with van der Waals surface area (Å²) in [6, 6.07) is 12.6. The van der Waals surface area contributed by atoms with Crippen LogP contribution in [0.5, 0.6) is 0 Å². The molecule has 104 valence electrons. The lowest BCUT2D eigenvalue weighted by molar-refractivity contribution is 0.102. The first-order chi connectivity index (χ1) is 10.2. The predicted molar refractivity (Wildman–Crippen MR) is 82.6 cm³/mol. The lowest BCUT2D eigenvalue weighted by atomic mass is 10.1. The molecule has 0 saturated carbocycles. The van der Waals surface area contributed by atoms with Crippen molar-refractivity contribution in [1.29, 1.82) is 5.26 Å². The van der Waals surface area contributed by atoms with Crippen LogP contribution in [-0.4, -0.2) is 5.91 Å². The highest BCUT2D eigenvalue weighted by atomic mass is 35.5. The summed E-state index contributed by atoms with van der Waals surface area (Å²) >= 11 is 5.92. The van der Waals surface area contributed by atoms with Gasteiger partial charge in [-0.25, -0.2) is 0 Å². The van der Waals surface area contributed by atoms with Crippen LogP contribution in [0.1, 0.15) is 33.5 Å². The minimum absolute atomic E-state index is 0.219. The molecule has 1 N–H and O–H groups in total. The Morgan fingerprint density at radius 2 is 1.95 bits per heavy atom. The van der Waals surface area contributed by atoms with Crippen molar-refractivity contribution < 1.29 is 4.79 Å². The first-order valence-corrected chi connectivity index (χ1v) is 7.18. The third-order valence-electron chi connectivity index (χ3n) is 3.71. The Kier molecular flexibility index (Phi) is 3.64. The van der Waals surface area contributed by atoms with E-state index < -0.39 is 0 Å². The third-order valence-corrected chi connectivity index (χ3v) is 3.95. The molecule has 3 nitrogen and oxygen atoms in total. The van der Waals surface area contributed by atoms with E-state index in [1.54, 1.807) is 18.2 Å². The van der Waals surface area contributed by atoms with E-state index in [9.17, 15) is 4.79 Å². The molecule has 1 amide bonds. The fourth-order valence-electron chi connectivity index (χ4n) is 2.62. The fraction of sp³-hybridized carbons (Fsp3) is 0.176. The SMILES string of the molecule is N#Cc1ccc(Cl)cc1NC(=O)c1ccc2c(c1)CCC2. The smallest absolute Gasteiger partial charge is 0.255 e. The predicted octanol–water partition coefficient (Wildman–Crippen LogP) is 3.95. The van der Waals surface area contributed by atoms with Gasteiger partial charge in [0.2, 0.25) is 0 Å². The van der Waals surface area contributed by atoms with Gasteiger partial charge in [0.1, 0.15) is 6.07 Å². The van der Waals surface area contributed by atoms with Crippen molar-refractivity contribution in [3.8, 4) is 6.07 Å².